The van der Waals surface area contributed by atoms with E-state index in [1.165, 1.54) is 18.5 Å². The predicted octanol–water partition coefficient (Wildman–Crippen LogP) is 3.58. The lowest BCUT2D eigenvalue weighted by Gasteiger charge is -2.10. The summed E-state index contributed by atoms with van der Waals surface area (Å²) >= 11 is 1.43. The molecule has 0 aliphatic carbocycles. The number of anilines is 1. The third-order valence-corrected chi connectivity index (χ3v) is 4.37. The summed E-state index contributed by atoms with van der Waals surface area (Å²) in [5.74, 6) is 0.521. The highest BCUT2D eigenvalue weighted by molar-refractivity contribution is 7.07. The Morgan fingerprint density at radius 1 is 1.28 bits per heavy atom. The molecule has 0 aliphatic heterocycles. The second-order valence-electron chi connectivity index (χ2n) is 5.43. The lowest BCUT2D eigenvalue weighted by Crippen LogP contribution is -2.28. The second kappa shape index (κ2) is 7.23. The van der Waals surface area contributed by atoms with Crippen molar-refractivity contribution in [1.82, 2.24) is 8.94 Å². The molecule has 7 heteroatoms. The largest absolute Gasteiger partial charge is 0.323 e. The van der Waals surface area contributed by atoms with Crippen molar-refractivity contribution in [1.29, 1.82) is 5.41 Å². The number of aliphatic imine (C=N–C) groups is 1. The highest BCUT2D eigenvalue weighted by Crippen LogP contribution is 2.16. The van der Waals surface area contributed by atoms with E-state index < -0.39 is 0 Å². The van der Waals surface area contributed by atoms with Crippen LogP contribution in [0.5, 0.6) is 0 Å². The Morgan fingerprint density at radius 2 is 2.04 bits per heavy atom. The van der Waals surface area contributed by atoms with Crippen molar-refractivity contribution in [2.75, 3.05) is 5.32 Å². The van der Waals surface area contributed by atoms with Gasteiger partial charge in [0.05, 0.1) is 17.6 Å². The van der Waals surface area contributed by atoms with Crippen molar-refractivity contribution in [2.45, 2.75) is 13.8 Å². The van der Waals surface area contributed by atoms with Gasteiger partial charge in [0.25, 0.3) is 0 Å². The summed E-state index contributed by atoms with van der Waals surface area (Å²) in [6.07, 6.45) is 3.39. The number of carbonyl (C=O) groups is 1. The predicted molar refractivity (Wildman–Crippen MR) is 99.7 cm³/mol. The fourth-order valence-corrected chi connectivity index (χ4v) is 2.99. The molecule has 0 unspecified atom stereocenters. The molecule has 3 rings (SSSR count). The Morgan fingerprint density at radius 3 is 2.60 bits per heavy atom. The summed E-state index contributed by atoms with van der Waals surface area (Å²) in [5.41, 5.74) is 2.45. The van der Waals surface area contributed by atoms with Gasteiger partial charge < -0.3 is 5.32 Å². The number of nitrogens with one attached hydrogen (secondary N) is 2. The van der Waals surface area contributed by atoms with Gasteiger partial charge in [0, 0.05) is 16.6 Å². The van der Waals surface area contributed by atoms with E-state index >= 15 is 0 Å². The third kappa shape index (κ3) is 4.07. The summed E-state index contributed by atoms with van der Waals surface area (Å²) in [6, 6.07) is 12.5. The zero-order valence-corrected chi connectivity index (χ0v) is 14.7. The van der Waals surface area contributed by atoms with Crippen LogP contribution >= 0.6 is 11.5 Å². The summed E-state index contributed by atoms with van der Waals surface area (Å²) < 4.78 is 1.71. The van der Waals surface area contributed by atoms with E-state index in [-0.39, 0.29) is 5.78 Å². The van der Waals surface area contributed by atoms with Crippen LogP contribution in [-0.4, -0.2) is 20.7 Å². The van der Waals surface area contributed by atoms with Gasteiger partial charge in [0.2, 0.25) is 5.96 Å². The first-order valence-corrected chi connectivity index (χ1v) is 8.42. The summed E-state index contributed by atoms with van der Waals surface area (Å²) in [4.78, 5) is 21.1. The Kier molecular flexibility index (Phi) is 4.85. The molecule has 25 heavy (non-hydrogen) atoms. The van der Waals surface area contributed by atoms with Crippen LogP contribution in [0.25, 0.3) is 0 Å². The molecule has 0 atom stereocenters. The number of rotatable bonds is 3. The lowest BCUT2D eigenvalue weighted by molar-refractivity contribution is 0.101. The first-order valence-electron chi connectivity index (χ1n) is 7.64. The molecule has 3 aromatic rings. The van der Waals surface area contributed by atoms with Gasteiger partial charge in [-0.05, 0) is 56.3 Å². The van der Waals surface area contributed by atoms with E-state index in [0.29, 0.717) is 22.7 Å². The summed E-state index contributed by atoms with van der Waals surface area (Å²) in [7, 11) is 0. The number of benzene rings is 1. The van der Waals surface area contributed by atoms with Crippen molar-refractivity contribution < 1.29 is 4.79 Å². The van der Waals surface area contributed by atoms with Gasteiger partial charge in [0.1, 0.15) is 5.49 Å². The van der Waals surface area contributed by atoms with Crippen LogP contribution < -0.4 is 10.8 Å². The zero-order chi connectivity index (χ0) is 17.8. The molecular weight excluding hydrogens is 334 g/mol. The Balaban J connectivity index is 2.02. The second-order valence-corrected chi connectivity index (χ2v) is 6.62. The molecule has 0 aliphatic rings. The Bertz CT molecular complexity index is 971. The zero-order valence-electron chi connectivity index (χ0n) is 13.9. The molecule has 6 nitrogen and oxygen atoms in total. The Labute approximate surface area is 149 Å². The van der Waals surface area contributed by atoms with Crippen LogP contribution in [0.3, 0.4) is 0 Å². The quantitative estimate of drug-likeness (QED) is 0.430. The van der Waals surface area contributed by atoms with Crippen LogP contribution in [0.2, 0.25) is 0 Å². The summed E-state index contributed by atoms with van der Waals surface area (Å²) in [5, 5.41) is 11.3. The van der Waals surface area contributed by atoms with Gasteiger partial charge >= 0.3 is 0 Å². The number of aromatic nitrogens is 2. The van der Waals surface area contributed by atoms with Crippen molar-refractivity contribution in [3.63, 3.8) is 0 Å². The van der Waals surface area contributed by atoms with Crippen molar-refractivity contribution in [3.05, 3.63) is 70.8 Å². The van der Waals surface area contributed by atoms with Gasteiger partial charge in [-0.3, -0.25) is 15.2 Å². The highest BCUT2D eigenvalue weighted by atomic mass is 32.1. The van der Waals surface area contributed by atoms with Crippen LogP contribution in [-0.2, 0) is 0 Å². The summed E-state index contributed by atoms with van der Waals surface area (Å²) in [6.45, 7) is 3.48. The highest BCUT2D eigenvalue weighted by Gasteiger charge is 2.08. The SMILES string of the molecule is CC(=O)c1ccc(N=C(Nc2cccnc2)n2sc(C)cc2=N)cc1. The van der Waals surface area contributed by atoms with E-state index in [4.69, 9.17) is 5.41 Å². The number of nitrogens with zero attached hydrogens (tertiary/aromatic N) is 3. The number of Topliss-reactive ketones (excluding diaryl/α,β-unsaturated/α-hetero) is 1. The Hall–Kier alpha value is -3.06. The smallest absolute Gasteiger partial charge is 0.223 e. The van der Waals surface area contributed by atoms with E-state index in [1.54, 1.807) is 46.7 Å². The minimum Gasteiger partial charge on any atom is -0.323 e. The molecule has 0 saturated carbocycles. The van der Waals surface area contributed by atoms with Gasteiger partial charge in [0.15, 0.2) is 5.78 Å². The molecule has 1 aromatic carbocycles. The van der Waals surface area contributed by atoms with Gasteiger partial charge in [-0.1, -0.05) is 11.5 Å². The molecule has 0 bridgehead atoms. The fourth-order valence-electron chi connectivity index (χ4n) is 2.21. The molecule has 2 heterocycles. The monoisotopic (exact) mass is 351 g/mol. The maximum Gasteiger partial charge on any atom is 0.223 e. The molecule has 2 N–H and O–H groups in total. The number of hydrogen-bond donors (Lipinski definition) is 2. The van der Waals surface area contributed by atoms with Gasteiger partial charge in [-0.2, -0.15) is 0 Å². The normalized spacial score (nSPS) is 11.4. The molecule has 2 aromatic heterocycles. The standard InChI is InChI=1S/C18H17N5OS/c1-12-10-17(19)23(25-12)18(22-16-4-3-9-20-11-16)21-15-7-5-14(6-8-15)13(2)24/h3-11,19H,1-2H3,(H,21,22). The third-order valence-electron chi connectivity index (χ3n) is 3.41. The number of ketones is 1. The number of hydrogen-bond acceptors (Lipinski definition) is 5. The first kappa shape index (κ1) is 16.8. The minimum absolute atomic E-state index is 0.0148. The number of pyridine rings is 1. The van der Waals surface area contributed by atoms with Gasteiger partial charge in [-0.15, -0.1) is 0 Å². The van der Waals surface area contributed by atoms with Crippen molar-refractivity contribution in [3.8, 4) is 0 Å². The van der Waals surface area contributed by atoms with Crippen molar-refractivity contribution in [2.24, 2.45) is 4.99 Å². The molecule has 0 spiro atoms. The molecular formula is C18H17N5OS. The molecule has 0 amide bonds. The van der Waals surface area contributed by atoms with Crippen LogP contribution in [0.4, 0.5) is 11.4 Å². The number of aryl methyl sites for hydroxylation is 1. The first-order chi connectivity index (χ1) is 12.0. The molecule has 126 valence electrons. The number of carbonyl (C=O) groups excluding carboxylic acids is 1. The maximum absolute atomic E-state index is 11.4. The molecule has 0 radical (unpaired) electrons. The van der Waals surface area contributed by atoms with Crippen molar-refractivity contribution >= 4 is 34.7 Å². The average Bonchev–Trinajstić information content (AvgIpc) is 2.94. The van der Waals surface area contributed by atoms with Gasteiger partial charge in [-0.25, -0.2) is 8.95 Å². The van der Waals surface area contributed by atoms with Crippen LogP contribution in [0.1, 0.15) is 22.2 Å². The van der Waals surface area contributed by atoms with E-state index in [2.05, 4.69) is 15.3 Å². The van der Waals surface area contributed by atoms with E-state index in [0.717, 1.165) is 10.6 Å². The fraction of sp³-hybridized carbons (Fsp3) is 0.111. The van der Waals surface area contributed by atoms with Crippen LogP contribution in [0, 0.1) is 12.3 Å². The molecule has 0 saturated heterocycles. The van der Waals surface area contributed by atoms with E-state index in [9.17, 15) is 4.79 Å². The lowest BCUT2D eigenvalue weighted by atomic mass is 10.1. The van der Waals surface area contributed by atoms with E-state index in [1.807, 2.05) is 19.1 Å². The maximum atomic E-state index is 11.4. The molecule has 0 fully saturated rings. The average molecular weight is 351 g/mol. The van der Waals surface area contributed by atoms with Crippen LogP contribution in [0.15, 0.2) is 59.9 Å². The topological polar surface area (TPSA) is 83.1 Å². The minimum atomic E-state index is 0.0148.